The third-order valence-electron chi connectivity index (χ3n) is 4.90. The lowest BCUT2D eigenvalue weighted by molar-refractivity contribution is 0.311. The summed E-state index contributed by atoms with van der Waals surface area (Å²) in [5.41, 5.74) is 4.00. The topological polar surface area (TPSA) is 21.1 Å². The van der Waals surface area contributed by atoms with E-state index in [-0.39, 0.29) is 0 Å². The second-order valence-electron chi connectivity index (χ2n) is 6.50. The van der Waals surface area contributed by atoms with Crippen LogP contribution in [0.2, 0.25) is 0 Å². The third-order valence-corrected chi connectivity index (χ3v) is 4.90. The summed E-state index contributed by atoms with van der Waals surface area (Å²) >= 11 is 0. The third kappa shape index (κ3) is 2.19. The molecule has 3 heteroatoms. The molecule has 0 N–H and O–H groups in total. The zero-order valence-corrected chi connectivity index (χ0v) is 13.1. The van der Waals surface area contributed by atoms with Gasteiger partial charge in [0.1, 0.15) is 0 Å². The molecule has 3 rings (SSSR count). The van der Waals surface area contributed by atoms with E-state index in [1.807, 2.05) is 17.9 Å². The summed E-state index contributed by atoms with van der Waals surface area (Å²) in [6.07, 6.45) is 4.65. The Bertz CT molecular complexity index is 604. The van der Waals surface area contributed by atoms with Crippen LogP contribution in [-0.4, -0.2) is 22.9 Å². The molecule has 0 bridgehead atoms. The molecule has 20 heavy (non-hydrogen) atoms. The van der Waals surface area contributed by atoms with Crippen LogP contribution < -0.4 is 4.90 Å². The number of aromatic nitrogens is 2. The van der Waals surface area contributed by atoms with Gasteiger partial charge >= 0.3 is 0 Å². The van der Waals surface area contributed by atoms with Crippen LogP contribution in [0.25, 0.3) is 10.9 Å². The van der Waals surface area contributed by atoms with Gasteiger partial charge in [0.25, 0.3) is 0 Å². The number of piperidine rings is 1. The summed E-state index contributed by atoms with van der Waals surface area (Å²) < 4.78 is 1.97. The first-order valence-corrected chi connectivity index (χ1v) is 7.74. The average Bonchev–Trinajstić information content (AvgIpc) is 2.80. The highest BCUT2D eigenvalue weighted by molar-refractivity contribution is 5.93. The molecule has 0 radical (unpaired) electrons. The van der Waals surface area contributed by atoms with E-state index < -0.39 is 0 Å². The van der Waals surface area contributed by atoms with Gasteiger partial charge in [-0.25, -0.2) is 0 Å². The summed E-state index contributed by atoms with van der Waals surface area (Å²) in [6, 6.07) is 4.41. The summed E-state index contributed by atoms with van der Waals surface area (Å²) in [4.78, 5) is 2.57. The molecule has 1 aromatic carbocycles. The molecule has 108 valence electrons. The predicted octanol–water partition coefficient (Wildman–Crippen LogP) is 3.75. The molecule has 2 aromatic rings. The molecule has 2 heterocycles. The molecule has 1 aromatic heterocycles. The van der Waals surface area contributed by atoms with Crippen molar-refractivity contribution < 1.29 is 0 Å². The maximum atomic E-state index is 4.43. The second kappa shape index (κ2) is 5.12. The monoisotopic (exact) mass is 271 g/mol. The molecule has 0 atom stereocenters. The number of anilines is 1. The van der Waals surface area contributed by atoms with Gasteiger partial charge in [0.2, 0.25) is 0 Å². The van der Waals surface area contributed by atoms with Gasteiger partial charge in [-0.2, -0.15) is 5.10 Å². The van der Waals surface area contributed by atoms with Crippen molar-refractivity contribution in [3.05, 3.63) is 23.9 Å². The quantitative estimate of drug-likeness (QED) is 0.829. The number of fused-ring (bicyclic) bond motifs is 1. The summed E-state index contributed by atoms with van der Waals surface area (Å²) in [6.45, 7) is 9.28. The first-order valence-electron chi connectivity index (χ1n) is 7.74. The highest BCUT2D eigenvalue weighted by atomic mass is 15.3. The average molecular weight is 271 g/mol. The molecular weight excluding hydrogens is 246 g/mol. The van der Waals surface area contributed by atoms with Crippen molar-refractivity contribution in [1.29, 1.82) is 0 Å². The number of aryl methyl sites for hydroxylation is 2. The van der Waals surface area contributed by atoms with Crippen LogP contribution in [0.15, 0.2) is 18.3 Å². The highest BCUT2D eigenvalue weighted by Crippen LogP contribution is 2.34. The fraction of sp³-hybridized carbons (Fsp3) is 0.588. The largest absolute Gasteiger partial charge is 0.371 e. The fourth-order valence-corrected chi connectivity index (χ4v) is 3.53. The van der Waals surface area contributed by atoms with Crippen LogP contribution in [0.1, 0.15) is 32.3 Å². The number of rotatable bonds is 2. The summed E-state index contributed by atoms with van der Waals surface area (Å²) in [5, 5.41) is 5.73. The van der Waals surface area contributed by atoms with E-state index in [1.54, 1.807) is 0 Å². The van der Waals surface area contributed by atoms with E-state index in [4.69, 9.17) is 0 Å². The Morgan fingerprint density at radius 1 is 1.20 bits per heavy atom. The summed E-state index contributed by atoms with van der Waals surface area (Å²) in [7, 11) is 2.02. The summed E-state index contributed by atoms with van der Waals surface area (Å²) in [5.74, 6) is 1.70. The van der Waals surface area contributed by atoms with Crippen LogP contribution in [-0.2, 0) is 7.05 Å². The Morgan fingerprint density at radius 2 is 1.90 bits per heavy atom. The molecule has 0 unspecified atom stereocenters. The maximum absolute atomic E-state index is 4.43. The minimum Gasteiger partial charge on any atom is -0.371 e. The van der Waals surface area contributed by atoms with Crippen LogP contribution >= 0.6 is 0 Å². The van der Waals surface area contributed by atoms with Crippen LogP contribution in [0, 0.1) is 18.8 Å². The second-order valence-corrected chi connectivity index (χ2v) is 6.50. The fourth-order valence-electron chi connectivity index (χ4n) is 3.53. The maximum Gasteiger partial charge on any atom is 0.0700 e. The van der Waals surface area contributed by atoms with Gasteiger partial charge in [0.15, 0.2) is 0 Å². The highest BCUT2D eigenvalue weighted by Gasteiger charge is 2.24. The van der Waals surface area contributed by atoms with Crippen molar-refractivity contribution in [3.8, 4) is 0 Å². The molecule has 1 fully saturated rings. The normalized spacial score (nSPS) is 17.4. The lowest BCUT2D eigenvalue weighted by atomic mass is 9.86. The number of nitrogens with zero attached hydrogens (tertiary/aromatic N) is 3. The lowest BCUT2D eigenvalue weighted by Crippen LogP contribution is -2.35. The number of benzene rings is 1. The first kappa shape index (κ1) is 13.5. The van der Waals surface area contributed by atoms with Gasteiger partial charge in [-0.15, -0.1) is 0 Å². The predicted molar refractivity (Wildman–Crippen MR) is 85.2 cm³/mol. The van der Waals surface area contributed by atoms with E-state index in [2.05, 4.69) is 42.9 Å². The molecule has 0 aliphatic carbocycles. The van der Waals surface area contributed by atoms with Crippen molar-refractivity contribution in [2.45, 2.75) is 33.6 Å². The first-order chi connectivity index (χ1) is 9.58. The van der Waals surface area contributed by atoms with Crippen LogP contribution in [0.3, 0.4) is 0 Å². The van der Waals surface area contributed by atoms with Crippen LogP contribution in [0.4, 0.5) is 5.69 Å². The Hall–Kier alpha value is -1.51. The van der Waals surface area contributed by atoms with Gasteiger partial charge in [0.05, 0.1) is 17.4 Å². The molecule has 0 amide bonds. The van der Waals surface area contributed by atoms with E-state index in [9.17, 15) is 0 Å². The number of hydrogen-bond acceptors (Lipinski definition) is 2. The molecule has 1 saturated heterocycles. The minimum absolute atomic E-state index is 0.812. The standard InChI is InChI=1S/C17H25N3/c1-12(2)14-7-9-20(10-8-14)17-13(3)5-6-16-15(17)11-18-19(16)4/h5-6,11-12,14H,7-10H2,1-4H3. The van der Waals surface area contributed by atoms with Gasteiger partial charge in [0, 0.05) is 25.5 Å². The minimum atomic E-state index is 0.812. The number of hydrogen-bond donors (Lipinski definition) is 0. The van der Waals surface area contributed by atoms with Gasteiger partial charge in [-0.1, -0.05) is 19.9 Å². The Morgan fingerprint density at radius 3 is 2.55 bits per heavy atom. The lowest BCUT2D eigenvalue weighted by Gasteiger charge is -2.36. The molecule has 3 nitrogen and oxygen atoms in total. The van der Waals surface area contributed by atoms with Crippen molar-refractivity contribution in [2.75, 3.05) is 18.0 Å². The SMILES string of the molecule is Cc1ccc2c(cnn2C)c1N1CCC(C(C)C)CC1. The van der Waals surface area contributed by atoms with E-state index in [0.717, 1.165) is 11.8 Å². The zero-order chi connectivity index (χ0) is 14.3. The zero-order valence-electron chi connectivity index (χ0n) is 13.1. The van der Waals surface area contributed by atoms with E-state index in [0.29, 0.717) is 0 Å². The molecule has 1 aliphatic rings. The van der Waals surface area contributed by atoms with Crippen molar-refractivity contribution in [1.82, 2.24) is 9.78 Å². The molecular formula is C17H25N3. The van der Waals surface area contributed by atoms with Crippen molar-refractivity contribution in [2.24, 2.45) is 18.9 Å². The van der Waals surface area contributed by atoms with Crippen LogP contribution in [0.5, 0.6) is 0 Å². The van der Waals surface area contributed by atoms with E-state index >= 15 is 0 Å². The Balaban J connectivity index is 1.93. The van der Waals surface area contributed by atoms with Crippen molar-refractivity contribution >= 4 is 16.6 Å². The smallest absolute Gasteiger partial charge is 0.0700 e. The van der Waals surface area contributed by atoms with Gasteiger partial charge in [-0.3, -0.25) is 4.68 Å². The van der Waals surface area contributed by atoms with E-state index in [1.165, 1.54) is 48.1 Å². The molecule has 0 saturated carbocycles. The van der Waals surface area contributed by atoms with Gasteiger partial charge < -0.3 is 4.90 Å². The Kier molecular flexibility index (Phi) is 3.45. The van der Waals surface area contributed by atoms with Gasteiger partial charge in [-0.05, 0) is 43.2 Å². The van der Waals surface area contributed by atoms with Crippen molar-refractivity contribution in [3.63, 3.8) is 0 Å². The molecule has 0 spiro atoms. The molecule has 1 aliphatic heterocycles. The Labute approximate surface area is 121 Å².